The van der Waals surface area contributed by atoms with E-state index < -0.39 is 12.0 Å². The Bertz CT molecular complexity index is 198. The Morgan fingerprint density at radius 2 is 2.08 bits per heavy atom. The van der Waals surface area contributed by atoms with Gasteiger partial charge in [0, 0.05) is 5.92 Å². The summed E-state index contributed by atoms with van der Waals surface area (Å²) < 4.78 is 0. The van der Waals surface area contributed by atoms with Gasteiger partial charge in [-0.05, 0) is 19.8 Å². The molecular weight excluding hydrogens is 158 g/mol. The first-order valence-corrected chi connectivity index (χ1v) is 4.14. The highest BCUT2D eigenvalue weighted by atomic mass is 16.4. The predicted octanol–water partition coefficient (Wildman–Crippen LogP) is 0.376. The van der Waals surface area contributed by atoms with Crippen LogP contribution in [0.15, 0.2) is 0 Å². The van der Waals surface area contributed by atoms with Crippen molar-refractivity contribution in [3.63, 3.8) is 0 Å². The van der Waals surface area contributed by atoms with Gasteiger partial charge in [-0.25, -0.2) is 0 Å². The van der Waals surface area contributed by atoms with Crippen molar-refractivity contribution in [3.8, 4) is 0 Å². The summed E-state index contributed by atoms with van der Waals surface area (Å²) in [5.74, 6) is -1.04. The molecule has 0 unspecified atom stereocenters. The van der Waals surface area contributed by atoms with Crippen molar-refractivity contribution in [2.75, 3.05) is 0 Å². The van der Waals surface area contributed by atoms with E-state index in [1.54, 1.807) is 0 Å². The average Bonchev–Trinajstić information content (AvgIpc) is 1.82. The van der Waals surface area contributed by atoms with Gasteiger partial charge < -0.3 is 10.4 Å². The molecular formula is C8H13NO3. The fourth-order valence-corrected chi connectivity index (χ4v) is 1.06. The first-order chi connectivity index (χ1) is 5.61. The molecule has 0 heterocycles. The molecule has 0 aromatic carbocycles. The van der Waals surface area contributed by atoms with E-state index in [-0.39, 0.29) is 11.8 Å². The van der Waals surface area contributed by atoms with Gasteiger partial charge in [-0.1, -0.05) is 6.42 Å². The second-order valence-corrected chi connectivity index (χ2v) is 3.20. The molecule has 1 fully saturated rings. The first kappa shape index (κ1) is 9.03. The molecule has 0 saturated heterocycles. The van der Waals surface area contributed by atoms with Crippen molar-refractivity contribution in [1.29, 1.82) is 0 Å². The van der Waals surface area contributed by atoms with E-state index in [9.17, 15) is 9.59 Å². The highest BCUT2D eigenvalue weighted by Crippen LogP contribution is 2.26. The Kier molecular flexibility index (Phi) is 2.68. The summed E-state index contributed by atoms with van der Waals surface area (Å²) in [6.07, 6.45) is 2.88. The fourth-order valence-electron chi connectivity index (χ4n) is 1.06. The third kappa shape index (κ3) is 1.96. The molecule has 0 bridgehead atoms. The largest absolute Gasteiger partial charge is 0.480 e. The standard InChI is InChI=1S/C8H13NO3/c1-5(8(11)12)9-7(10)6-3-2-4-6/h5-6H,2-4H2,1H3,(H,9,10)(H,11,12)/t5-/m0/s1. The lowest BCUT2D eigenvalue weighted by Crippen LogP contribution is -2.43. The van der Waals surface area contributed by atoms with Crippen LogP contribution in [-0.4, -0.2) is 23.0 Å². The van der Waals surface area contributed by atoms with Crippen LogP contribution in [0, 0.1) is 5.92 Å². The normalized spacial score (nSPS) is 19.4. The minimum Gasteiger partial charge on any atom is -0.480 e. The smallest absolute Gasteiger partial charge is 0.325 e. The SMILES string of the molecule is C[C@H](NC(=O)C1CCC1)C(=O)O. The first-order valence-electron chi connectivity index (χ1n) is 4.14. The lowest BCUT2D eigenvalue weighted by Gasteiger charge is -2.25. The lowest BCUT2D eigenvalue weighted by atomic mass is 9.84. The average molecular weight is 171 g/mol. The molecule has 1 atom stereocenters. The predicted molar refractivity (Wildman–Crippen MR) is 42.6 cm³/mol. The molecule has 0 aromatic rings. The van der Waals surface area contributed by atoms with Crippen LogP contribution in [-0.2, 0) is 9.59 Å². The second kappa shape index (κ2) is 3.56. The number of carbonyl (C=O) groups is 2. The van der Waals surface area contributed by atoms with Gasteiger partial charge in [0.15, 0.2) is 0 Å². The molecule has 12 heavy (non-hydrogen) atoms. The molecule has 1 aliphatic rings. The fraction of sp³-hybridized carbons (Fsp3) is 0.750. The maximum Gasteiger partial charge on any atom is 0.325 e. The molecule has 1 saturated carbocycles. The maximum absolute atomic E-state index is 11.2. The van der Waals surface area contributed by atoms with Crippen LogP contribution in [0.25, 0.3) is 0 Å². The highest BCUT2D eigenvalue weighted by molar-refractivity contribution is 5.85. The van der Waals surface area contributed by atoms with Crippen LogP contribution in [0.5, 0.6) is 0 Å². The molecule has 4 nitrogen and oxygen atoms in total. The number of hydrogen-bond acceptors (Lipinski definition) is 2. The van der Waals surface area contributed by atoms with Crippen LogP contribution in [0.4, 0.5) is 0 Å². The summed E-state index contributed by atoms with van der Waals surface area (Å²) in [5.41, 5.74) is 0. The minimum absolute atomic E-state index is 0.0619. The van der Waals surface area contributed by atoms with Crippen molar-refractivity contribution in [2.45, 2.75) is 32.2 Å². The number of nitrogens with one attached hydrogen (secondary N) is 1. The van der Waals surface area contributed by atoms with Crippen LogP contribution in [0.3, 0.4) is 0 Å². The number of carboxylic acid groups (broad SMARTS) is 1. The van der Waals surface area contributed by atoms with Crippen LogP contribution in [0.1, 0.15) is 26.2 Å². The van der Waals surface area contributed by atoms with E-state index >= 15 is 0 Å². The Morgan fingerprint density at radius 1 is 1.50 bits per heavy atom. The molecule has 4 heteroatoms. The van der Waals surface area contributed by atoms with E-state index in [4.69, 9.17) is 5.11 Å². The number of hydrogen-bond donors (Lipinski definition) is 2. The van der Waals surface area contributed by atoms with Crippen LogP contribution >= 0.6 is 0 Å². The molecule has 1 rings (SSSR count). The summed E-state index contributed by atoms with van der Waals surface area (Å²) in [4.78, 5) is 21.5. The van der Waals surface area contributed by atoms with Crippen LogP contribution in [0.2, 0.25) is 0 Å². The zero-order valence-electron chi connectivity index (χ0n) is 7.04. The van der Waals surface area contributed by atoms with Crippen molar-refractivity contribution in [1.82, 2.24) is 5.32 Å². The van der Waals surface area contributed by atoms with E-state index in [0.717, 1.165) is 19.3 Å². The number of aliphatic carboxylic acids is 1. The molecule has 2 N–H and O–H groups in total. The quantitative estimate of drug-likeness (QED) is 0.645. The molecule has 68 valence electrons. The number of rotatable bonds is 3. The summed E-state index contributed by atoms with van der Waals surface area (Å²) in [7, 11) is 0. The minimum atomic E-state index is -0.984. The van der Waals surface area contributed by atoms with Crippen molar-refractivity contribution >= 4 is 11.9 Å². The number of carbonyl (C=O) groups excluding carboxylic acids is 1. The van der Waals surface area contributed by atoms with E-state index in [1.807, 2.05) is 0 Å². The van der Waals surface area contributed by atoms with Gasteiger partial charge in [0.25, 0.3) is 0 Å². The Hall–Kier alpha value is -1.06. The van der Waals surface area contributed by atoms with Gasteiger partial charge in [0.2, 0.25) is 5.91 Å². The molecule has 1 aliphatic carbocycles. The number of carboxylic acids is 1. The Morgan fingerprint density at radius 3 is 2.42 bits per heavy atom. The maximum atomic E-state index is 11.2. The van der Waals surface area contributed by atoms with E-state index in [2.05, 4.69) is 5.32 Å². The van der Waals surface area contributed by atoms with Crippen LogP contribution < -0.4 is 5.32 Å². The topological polar surface area (TPSA) is 66.4 Å². The highest BCUT2D eigenvalue weighted by Gasteiger charge is 2.27. The van der Waals surface area contributed by atoms with Crippen molar-refractivity contribution < 1.29 is 14.7 Å². The monoisotopic (exact) mass is 171 g/mol. The third-order valence-corrected chi connectivity index (χ3v) is 2.21. The molecule has 0 radical (unpaired) electrons. The second-order valence-electron chi connectivity index (χ2n) is 3.20. The van der Waals surface area contributed by atoms with Gasteiger partial charge in [0.1, 0.15) is 6.04 Å². The summed E-state index contributed by atoms with van der Waals surface area (Å²) >= 11 is 0. The van der Waals surface area contributed by atoms with Gasteiger partial charge in [-0.15, -0.1) is 0 Å². The summed E-state index contributed by atoms with van der Waals surface area (Å²) in [6.45, 7) is 1.47. The van der Waals surface area contributed by atoms with E-state index in [1.165, 1.54) is 6.92 Å². The van der Waals surface area contributed by atoms with Gasteiger partial charge in [0.05, 0.1) is 0 Å². The van der Waals surface area contributed by atoms with Gasteiger partial charge >= 0.3 is 5.97 Å². The zero-order chi connectivity index (χ0) is 9.14. The van der Waals surface area contributed by atoms with Crippen molar-refractivity contribution in [2.24, 2.45) is 5.92 Å². The molecule has 0 aromatic heterocycles. The number of amides is 1. The Balaban J connectivity index is 2.29. The molecule has 1 amide bonds. The molecule has 0 spiro atoms. The van der Waals surface area contributed by atoms with Gasteiger partial charge in [-0.2, -0.15) is 0 Å². The lowest BCUT2D eigenvalue weighted by molar-refractivity contribution is -0.142. The zero-order valence-corrected chi connectivity index (χ0v) is 7.04. The summed E-state index contributed by atoms with van der Waals surface area (Å²) in [6, 6.07) is -0.766. The van der Waals surface area contributed by atoms with Gasteiger partial charge in [-0.3, -0.25) is 9.59 Å². The van der Waals surface area contributed by atoms with Crippen molar-refractivity contribution in [3.05, 3.63) is 0 Å². The molecule has 0 aliphatic heterocycles. The third-order valence-electron chi connectivity index (χ3n) is 2.21. The summed E-state index contributed by atoms with van der Waals surface area (Å²) in [5, 5.41) is 10.9. The van der Waals surface area contributed by atoms with E-state index in [0.29, 0.717) is 0 Å². The Labute approximate surface area is 71.0 Å².